The van der Waals surface area contributed by atoms with Gasteiger partial charge >= 0.3 is 24.1 Å². The van der Waals surface area contributed by atoms with Crippen LogP contribution in [0.4, 0.5) is 23.4 Å². The van der Waals surface area contributed by atoms with Crippen molar-refractivity contribution in [3.63, 3.8) is 0 Å². The molecule has 1 aliphatic rings. The molecule has 10 nitrogen and oxygen atoms in total. The fourth-order valence-corrected chi connectivity index (χ4v) is 3.09. The number of hydrogen-bond acceptors (Lipinski definition) is 9. The lowest BCUT2D eigenvalue weighted by Crippen LogP contribution is -2.21. The van der Waals surface area contributed by atoms with Gasteiger partial charge in [-0.2, -0.15) is 18.2 Å². The molecule has 1 aliphatic carbocycles. The molecule has 36 heavy (non-hydrogen) atoms. The van der Waals surface area contributed by atoms with Gasteiger partial charge in [-0.25, -0.2) is 23.9 Å². The molecular weight excluding hydrogens is 490 g/mol. The number of esters is 1. The number of carboxylic acids is 1. The van der Waals surface area contributed by atoms with Gasteiger partial charge in [0.05, 0.1) is 25.2 Å². The Hall–Kier alpha value is -4.36. The largest absolute Gasteiger partial charge is 0.490 e. The van der Waals surface area contributed by atoms with Gasteiger partial charge in [-0.05, 0) is 30.9 Å². The topological polar surface area (TPSA) is 150 Å². The highest BCUT2D eigenvalue weighted by molar-refractivity contribution is 5.87. The molecular formula is C22H19F4N5O5. The van der Waals surface area contributed by atoms with E-state index in [1.807, 2.05) is 6.07 Å². The molecule has 2 aromatic heterocycles. The summed E-state index contributed by atoms with van der Waals surface area (Å²) in [6.07, 6.45) is 1.99. The van der Waals surface area contributed by atoms with Crippen molar-refractivity contribution in [2.24, 2.45) is 0 Å². The molecule has 0 aliphatic heterocycles. The molecule has 3 aromatic rings. The minimum atomic E-state index is -5.08. The first-order valence-corrected chi connectivity index (χ1v) is 10.3. The standard InChI is InChI=1S/C20H18FN5O3.C2HF3O2/c1-28-19(27)14-7-8-23-20(26-14)29-18-12(11-3-2-4-11)5-6-13(17(18)21)15-9-25-16(22)10-24-15;3-2(4,5)1(6)7/h5-11H,2-4H2,1H3,(H2,22,25);(H,6,7). The van der Waals surface area contributed by atoms with Crippen LogP contribution < -0.4 is 10.5 Å². The Bertz CT molecular complexity index is 1250. The predicted molar refractivity (Wildman–Crippen MR) is 116 cm³/mol. The maximum Gasteiger partial charge on any atom is 0.490 e. The number of benzene rings is 1. The van der Waals surface area contributed by atoms with Crippen LogP contribution in [0.2, 0.25) is 0 Å². The van der Waals surface area contributed by atoms with Crippen molar-refractivity contribution >= 4 is 17.8 Å². The van der Waals surface area contributed by atoms with Crippen molar-refractivity contribution in [2.75, 3.05) is 12.8 Å². The zero-order valence-electron chi connectivity index (χ0n) is 18.6. The molecule has 0 bridgehead atoms. The highest BCUT2D eigenvalue weighted by atomic mass is 19.4. The number of carboxylic acid groups (broad SMARTS) is 1. The fourth-order valence-electron chi connectivity index (χ4n) is 3.09. The zero-order valence-corrected chi connectivity index (χ0v) is 18.6. The van der Waals surface area contributed by atoms with Crippen LogP contribution in [0.1, 0.15) is 41.2 Å². The monoisotopic (exact) mass is 509 g/mol. The van der Waals surface area contributed by atoms with E-state index in [0.29, 0.717) is 5.69 Å². The first-order chi connectivity index (χ1) is 17.0. The van der Waals surface area contributed by atoms with Crippen molar-refractivity contribution in [1.82, 2.24) is 19.9 Å². The van der Waals surface area contributed by atoms with Gasteiger partial charge in [-0.1, -0.05) is 12.5 Å². The van der Waals surface area contributed by atoms with Gasteiger partial charge in [0.2, 0.25) is 0 Å². The zero-order chi connectivity index (χ0) is 26.5. The van der Waals surface area contributed by atoms with E-state index in [1.165, 1.54) is 31.8 Å². The van der Waals surface area contributed by atoms with E-state index in [0.717, 1.165) is 24.8 Å². The number of aliphatic carboxylic acids is 1. The summed E-state index contributed by atoms with van der Waals surface area (Å²) in [5, 5.41) is 7.12. The van der Waals surface area contributed by atoms with Crippen molar-refractivity contribution in [2.45, 2.75) is 31.4 Å². The number of carbonyl (C=O) groups is 2. The number of methoxy groups -OCH3 is 1. The van der Waals surface area contributed by atoms with Crippen LogP contribution in [0.15, 0.2) is 36.8 Å². The second-order valence-corrected chi connectivity index (χ2v) is 7.42. The highest BCUT2D eigenvalue weighted by Crippen LogP contribution is 2.44. The van der Waals surface area contributed by atoms with Crippen LogP contribution >= 0.6 is 0 Å². The molecule has 3 N–H and O–H groups in total. The number of nitrogen functional groups attached to an aromatic ring is 1. The van der Waals surface area contributed by atoms with Crippen LogP contribution in [0.5, 0.6) is 11.8 Å². The Morgan fingerprint density at radius 3 is 2.33 bits per heavy atom. The number of aromatic nitrogens is 4. The fraction of sp³-hybridized carbons (Fsp3) is 0.273. The summed E-state index contributed by atoms with van der Waals surface area (Å²) in [6.45, 7) is 0. The first-order valence-electron chi connectivity index (χ1n) is 10.3. The molecule has 0 atom stereocenters. The molecule has 0 unspecified atom stereocenters. The van der Waals surface area contributed by atoms with Crippen LogP contribution in [-0.2, 0) is 9.53 Å². The third kappa shape index (κ3) is 6.20. The summed E-state index contributed by atoms with van der Waals surface area (Å²) in [6, 6.07) is 4.72. The Morgan fingerprint density at radius 2 is 1.81 bits per heavy atom. The van der Waals surface area contributed by atoms with E-state index in [4.69, 9.17) is 20.4 Å². The van der Waals surface area contributed by atoms with Gasteiger partial charge in [0.15, 0.2) is 17.3 Å². The molecule has 1 aromatic carbocycles. The summed E-state index contributed by atoms with van der Waals surface area (Å²) in [5.41, 5.74) is 6.86. The second-order valence-electron chi connectivity index (χ2n) is 7.42. The van der Waals surface area contributed by atoms with E-state index in [-0.39, 0.29) is 34.8 Å². The molecule has 4 rings (SSSR count). The molecule has 0 amide bonds. The molecule has 0 spiro atoms. The summed E-state index contributed by atoms with van der Waals surface area (Å²) in [5.74, 6) is -3.54. The maximum absolute atomic E-state index is 15.5. The van der Waals surface area contributed by atoms with E-state index < -0.39 is 23.9 Å². The van der Waals surface area contributed by atoms with Gasteiger partial charge in [0, 0.05) is 17.3 Å². The lowest BCUT2D eigenvalue weighted by Gasteiger charge is -2.28. The number of nitrogens with two attached hydrogens (primary N) is 1. The number of rotatable bonds is 5. The molecule has 14 heteroatoms. The summed E-state index contributed by atoms with van der Waals surface area (Å²) >= 11 is 0. The average Bonchev–Trinajstić information content (AvgIpc) is 2.80. The number of nitrogens with zero attached hydrogens (tertiary/aromatic N) is 4. The van der Waals surface area contributed by atoms with E-state index >= 15 is 4.39 Å². The maximum atomic E-state index is 15.5. The summed E-state index contributed by atoms with van der Waals surface area (Å²) < 4.78 is 57.6. The summed E-state index contributed by atoms with van der Waals surface area (Å²) in [4.78, 5) is 36.7. The Kier molecular flexibility index (Phi) is 7.96. The molecule has 0 saturated heterocycles. The van der Waals surface area contributed by atoms with Gasteiger partial charge in [0.25, 0.3) is 0 Å². The SMILES string of the molecule is COC(=O)c1ccnc(Oc2c(C3CCC3)ccc(-c3cnc(N)cn3)c2F)n1.O=C(O)C(F)(F)F. The van der Waals surface area contributed by atoms with Crippen molar-refractivity contribution in [3.8, 4) is 23.0 Å². The van der Waals surface area contributed by atoms with E-state index in [9.17, 15) is 18.0 Å². The van der Waals surface area contributed by atoms with Gasteiger partial charge in [0.1, 0.15) is 5.82 Å². The number of hydrogen-bond donors (Lipinski definition) is 2. The van der Waals surface area contributed by atoms with Crippen LogP contribution in [0, 0.1) is 5.82 Å². The third-order valence-electron chi connectivity index (χ3n) is 5.08. The van der Waals surface area contributed by atoms with E-state index in [1.54, 1.807) is 6.07 Å². The number of carbonyl (C=O) groups excluding carboxylic acids is 1. The number of anilines is 1. The van der Waals surface area contributed by atoms with E-state index in [2.05, 4.69) is 24.7 Å². The second kappa shape index (κ2) is 10.9. The van der Waals surface area contributed by atoms with Gasteiger partial charge in [-0.3, -0.25) is 4.98 Å². The van der Waals surface area contributed by atoms with Crippen molar-refractivity contribution in [1.29, 1.82) is 0 Å². The Balaban J connectivity index is 0.000000454. The first kappa shape index (κ1) is 26.2. The number of ether oxygens (including phenoxy) is 2. The normalized spacial score (nSPS) is 13.1. The lowest BCUT2D eigenvalue weighted by atomic mass is 9.79. The van der Waals surface area contributed by atoms with Crippen molar-refractivity contribution < 1.29 is 41.7 Å². The number of halogens is 4. The molecule has 1 fully saturated rings. The highest BCUT2D eigenvalue weighted by Gasteiger charge is 2.38. The van der Waals surface area contributed by atoms with Gasteiger partial charge in [-0.15, -0.1) is 0 Å². The predicted octanol–water partition coefficient (Wildman–Crippen LogP) is 4.13. The Morgan fingerprint density at radius 1 is 1.11 bits per heavy atom. The molecule has 1 saturated carbocycles. The lowest BCUT2D eigenvalue weighted by molar-refractivity contribution is -0.192. The van der Waals surface area contributed by atoms with Crippen LogP contribution in [0.3, 0.4) is 0 Å². The average molecular weight is 509 g/mol. The minimum Gasteiger partial charge on any atom is -0.475 e. The Labute approximate surface area is 201 Å². The molecule has 2 heterocycles. The third-order valence-corrected chi connectivity index (χ3v) is 5.08. The smallest absolute Gasteiger partial charge is 0.475 e. The quantitative estimate of drug-likeness (QED) is 0.379. The summed E-state index contributed by atoms with van der Waals surface area (Å²) in [7, 11) is 1.25. The number of alkyl halides is 3. The minimum absolute atomic E-state index is 0.0173. The molecule has 190 valence electrons. The van der Waals surface area contributed by atoms with Crippen LogP contribution in [-0.4, -0.2) is 50.3 Å². The van der Waals surface area contributed by atoms with Crippen LogP contribution in [0.25, 0.3) is 11.3 Å². The van der Waals surface area contributed by atoms with Gasteiger partial charge < -0.3 is 20.3 Å². The van der Waals surface area contributed by atoms with Crippen molar-refractivity contribution in [3.05, 3.63) is 53.9 Å². The molecule has 0 radical (unpaired) electrons.